The van der Waals surface area contributed by atoms with Gasteiger partial charge < -0.3 is 14.8 Å². The second kappa shape index (κ2) is 7.87. The van der Waals surface area contributed by atoms with Crippen LogP contribution in [0.15, 0.2) is 90.2 Å². The van der Waals surface area contributed by atoms with Crippen LogP contribution in [0.25, 0.3) is 10.8 Å². The summed E-state index contributed by atoms with van der Waals surface area (Å²) in [6.07, 6.45) is 3.72. The summed E-state index contributed by atoms with van der Waals surface area (Å²) < 4.78 is 5.93. The van der Waals surface area contributed by atoms with Gasteiger partial charge >= 0.3 is 0 Å². The smallest absolute Gasteiger partial charge is 0.219 e. The molecule has 0 fully saturated rings. The Morgan fingerprint density at radius 3 is 2.60 bits per heavy atom. The maximum Gasteiger partial charge on any atom is 0.219 e. The van der Waals surface area contributed by atoms with Crippen molar-refractivity contribution in [3.8, 4) is 11.6 Å². The van der Waals surface area contributed by atoms with E-state index >= 15 is 0 Å². The third-order valence-corrected chi connectivity index (χ3v) is 5.40. The first-order chi connectivity index (χ1) is 14.8. The molecular formula is C25H21N3O2. The summed E-state index contributed by atoms with van der Waals surface area (Å²) in [5, 5.41) is 15.6. The number of anilines is 1. The van der Waals surface area contributed by atoms with Crippen LogP contribution in [-0.4, -0.2) is 22.6 Å². The summed E-state index contributed by atoms with van der Waals surface area (Å²) in [5.41, 5.74) is 3.07. The number of aryl methyl sites for hydroxylation is 1. The average molecular weight is 395 g/mol. The Balaban J connectivity index is 1.39. The molecule has 0 aliphatic carbocycles. The molecule has 0 radical (unpaired) electrons. The molecule has 30 heavy (non-hydrogen) atoms. The second-order valence-corrected chi connectivity index (χ2v) is 7.30. The van der Waals surface area contributed by atoms with Crippen molar-refractivity contribution in [1.82, 2.24) is 4.98 Å². The minimum Gasteiger partial charge on any atom is -0.439 e. The Bertz CT molecular complexity index is 1220. The maximum absolute atomic E-state index is 9.75. The van der Waals surface area contributed by atoms with Crippen LogP contribution < -0.4 is 9.64 Å². The minimum atomic E-state index is 0.491. The van der Waals surface area contributed by atoms with Gasteiger partial charge in [-0.15, -0.1) is 0 Å². The molecule has 1 aromatic heterocycles. The second-order valence-electron chi connectivity index (χ2n) is 7.30. The minimum absolute atomic E-state index is 0.491. The molecule has 5 rings (SSSR count). The lowest BCUT2D eigenvalue weighted by Crippen LogP contribution is -2.36. The first-order valence-electron chi connectivity index (χ1n) is 10.0. The van der Waals surface area contributed by atoms with Crippen molar-refractivity contribution in [2.45, 2.75) is 12.8 Å². The molecule has 0 atom stereocenters. The number of ether oxygens (including phenoxy) is 1. The van der Waals surface area contributed by atoms with Crippen LogP contribution in [0.1, 0.15) is 17.5 Å². The highest BCUT2D eigenvalue weighted by atomic mass is 16.5. The van der Waals surface area contributed by atoms with Crippen molar-refractivity contribution in [1.29, 1.82) is 0 Å². The summed E-state index contributed by atoms with van der Waals surface area (Å²) in [6.45, 7) is 0.797. The number of hydrogen-bond donors (Lipinski definition) is 1. The lowest BCUT2D eigenvalue weighted by atomic mass is 10.0. The normalized spacial score (nSPS) is 13.9. The van der Waals surface area contributed by atoms with Gasteiger partial charge in [-0.1, -0.05) is 53.7 Å². The van der Waals surface area contributed by atoms with Crippen molar-refractivity contribution in [2.24, 2.45) is 5.16 Å². The Hall–Kier alpha value is -3.86. The van der Waals surface area contributed by atoms with E-state index in [9.17, 15) is 5.21 Å². The zero-order valence-electron chi connectivity index (χ0n) is 16.4. The van der Waals surface area contributed by atoms with Crippen LogP contribution in [0.5, 0.6) is 11.6 Å². The SMILES string of the molecule is O/N=C(/c1ccc(Oc2ccc3ccccc3c2)nc1)N1CCCc2ccccc21. The molecular weight excluding hydrogens is 374 g/mol. The van der Waals surface area contributed by atoms with Crippen molar-refractivity contribution < 1.29 is 9.94 Å². The van der Waals surface area contributed by atoms with Gasteiger partial charge in [0.25, 0.3) is 0 Å². The Labute approximate surface area is 174 Å². The predicted octanol–water partition coefficient (Wildman–Crippen LogP) is 5.62. The number of hydrogen-bond acceptors (Lipinski definition) is 4. The van der Waals surface area contributed by atoms with Crippen LogP contribution >= 0.6 is 0 Å². The highest BCUT2D eigenvalue weighted by molar-refractivity contribution is 6.10. The van der Waals surface area contributed by atoms with Gasteiger partial charge in [-0.05, 0) is 53.4 Å². The molecule has 2 heterocycles. The number of aromatic nitrogens is 1. The van der Waals surface area contributed by atoms with Crippen LogP contribution in [0.2, 0.25) is 0 Å². The number of benzene rings is 3. The number of rotatable bonds is 3. The standard InChI is InChI=1S/C25H21N3O2/c29-27-25(28-15-5-9-19-7-3-4-10-23(19)28)21-12-14-24(26-17-21)30-22-13-11-18-6-1-2-8-20(18)16-22/h1-4,6-8,10-14,16-17,29H,5,9,15H2/b27-25-. The van der Waals surface area contributed by atoms with Crippen molar-refractivity contribution in [3.63, 3.8) is 0 Å². The fourth-order valence-electron chi connectivity index (χ4n) is 3.95. The summed E-state index contributed by atoms with van der Waals surface area (Å²) in [6, 6.07) is 26.0. The van der Waals surface area contributed by atoms with Gasteiger partial charge in [0.15, 0.2) is 5.84 Å². The molecule has 1 N–H and O–H groups in total. The Morgan fingerprint density at radius 1 is 0.933 bits per heavy atom. The van der Waals surface area contributed by atoms with Crippen LogP contribution in [0.3, 0.4) is 0 Å². The molecule has 5 nitrogen and oxygen atoms in total. The number of amidine groups is 1. The van der Waals surface area contributed by atoms with Gasteiger partial charge in [-0.25, -0.2) is 4.98 Å². The summed E-state index contributed by atoms with van der Waals surface area (Å²) in [4.78, 5) is 6.47. The third-order valence-electron chi connectivity index (χ3n) is 5.40. The topological polar surface area (TPSA) is 58.0 Å². The number of fused-ring (bicyclic) bond motifs is 2. The van der Waals surface area contributed by atoms with Crippen LogP contribution in [0, 0.1) is 0 Å². The van der Waals surface area contributed by atoms with Gasteiger partial charge in [0, 0.05) is 30.1 Å². The quantitative estimate of drug-likeness (QED) is 0.212. The third kappa shape index (κ3) is 3.46. The number of oxime groups is 1. The Morgan fingerprint density at radius 2 is 1.77 bits per heavy atom. The van der Waals surface area contributed by atoms with E-state index in [-0.39, 0.29) is 0 Å². The van der Waals surface area contributed by atoms with Gasteiger partial charge in [0.1, 0.15) is 5.75 Å². The molecule has 148 valence electrons. The van der Waals surface area contributed by atoms with E-state index in [1.807, 2.05) is 53.4 Å². The first kappa shape index (κ1) is 18.2. The van der Waals surface area contributed by atoms with E-state index in [1.54, 1.807) is 12.3 Å². The van der Waals surface area contributed by atoms with E-state index in [0.717, 1.165) is 41.8 Å². The molecule has 1 aliphatic heterocycles. The summed E-state index contributed by atoms with van der Waals surface area (Å²) >= 11 is 0. The van der Waals surface area contributed by atoms with Gasteiger partial charge in [-0.3, -0.25) is 0 Å². The monoisotopic (exact) mass is 395 g/mol. The molecule has 4 aromatic rings. The predicted molar refractivity (Wildman–Crippen MR) is 119 cm³/mol. The van der Waals surface area contributed by atoms with Crippen molar-refractivity contribution in [2.75, 3.05) is 11.4 Å². The fourth-order valence-corrected chi connectivity index (χ4v) is 3.95. The zero-order valence-corrected chi connectivity index (χ0v) is 16.4. The summed E-state index contributed by atoms with van der Waals surface area (Å²) in [5.74, 6) is 1.72. The lowest BCUT2D eigenvalue weighted by molar-refractivity contribution is 0.318. The highest BCUT2D eigenvalue weighted by Gasteiger charge is 2.22. The Kier molecular flexibility index (Phi) is 4.77. The van der Waals surface area contributed by atoms with E-state index in [4.69, 9.17) is 4.74 Å². The van der Waals surface area contributed by atoms with E-state index in [0.29, 0.717) is 11.7 Å². The average Bonchev–Trinajstić information content (AvgIpc) is 2.81. The first-order valence-corrected chi connectivity index (χ1v) is 10.0. The number of para-hydroxylation sites is 1. The molecule has 1 aliphatic rings. The molecule has 0 spiro atoms. The highest BCUT2D eigenvalue weighted by Crippen LogP contribution is 2.29. The molecule has 0 unspecified atom stereocenters. The molecule has 5 heteroatoms. The molecule has 0 saturated heterocycles. The zero-order chi connectivity index (χ0) is 20.3. The van der Waals surface area contributed by atoms with Gasteiger partial charge in [-0.2, -0.15) is 0 Å². The molecule has 0 amide bonds. The van der Waals surface area contributed by atoms with E-state index in [2.05, 4.69) is 34.4 Å². The van der Waals surface area contributed by atoms with Gasteiger partial charge in [0.2, 0.25) is 5.88 Å². The molecule has 0 saturated carbocycles. The fraction of sp³-hybridized carbons (Fsp3) is 0.120. The lowest BCUT2D eigenvalue weighted by Gasteiger charge is -2.31. The van der Waals surface area contributed by atoms with E-state index in [1.165, 1.54) is 10.9 Å². The van der Waals surface area contributed by atoms with E-state index < -0.39 is 0 Å². The summed E-state index contributed by atoms with van der Waals surface area (Å²) in [7, 11) is 0. The number of nitrogens with zero attached hydrogens (tertiary/aromatic N) is 3. The van der Waals surface area contributed by atoms with Crippen molar-refractivity contribution >= 4 is 22.3 Å². The van der Waals surface area contributed by atoms with Crippen LogP contribution in [-0.2, 0) is 6.42 Å². The van der Waals surface area contributed by atoms with Gasteiger partial charge in [0.05, 0.1) is 0 Å². The van der Waals surface area contributed by atoms with Crippen molar-refractivity contribution in [3.05, 3.63) is 96.2 Å². The maximum atomic E-state index is 9.75. The number of pyridine rings is 1. The molecule has 0 bridgehead atoms. The molecule has 3 aromatic carbocycles. The largest absolute Gasteiger partial charge is 0.439 e. The van der Waals surface area contributed by atoms with Crippen LogP contribution in [0.4, 0.5) is 5.69 Å².